The van der Waals surface area contributed by atoms with Crippen LogP contribution in [0.3, 0.4) is 0 Å². The summed E-state index contributed by atoms with van der Waals surface area (Å²) in [6, 6.07) is 4.13. The van der Waals surface area contributed by atoms with Crippen molar-refractivity contribution in [2.45, 2.75) is 77.2 Å². The van der Waals surface area contributed by atoms with Crippen LogP contribution in [0.5, 0.6) is 0 Å². The third-order valence-electron chi connectivity index (χ3n) is 6.02. The van der Waals surface area contributed by atoms with Crippen molar-refractivity contribution in [3.63, 3.8) is 0 Å². The van der Waals surface area contributed by atoms with E-state index in [0.717, 1.165) is 54.8 Å². The molecular formula is C22H27NO3S. The zero-order valence-electron chi connectivity index (χ0n) is 16.1. The van der Waals surface area contributed by atoms with Crippen molar-refractivity contribution in [2.24, 2.45) is 10.9 Å². The van der Waals surface area contributed by atoms with E-state index < -0.39 is 0 Å². The Morgan fingerprint density at radius 3 is 2.56 bits per heavy atom. The van der Waals surface area contributed by atoms with E-state index in [0.29, 0.717) is 12.0 Å². The van der Waals surface area contributed by atoms with Crippen LogP contribution in [0.25, 0.3) is 0 Å². The molecule has 1 aromatic heterocycles. The van der Waals surface area contributed by atoms with Crippen molar-refractivity contribution in [3.8, 4) is 0 Å². The van der Waals surface area contributed by atoms with E-state index in [-0.39, 0.29) is 29.7 Å². The summed E-state index contributed by atoms with van der Waals surface area (Å²) in [4.78, 5) is 33.0. The largest absolute Gasteiger partial charge is 0.459 e. The number of rotatable bonds is 3. The predicted octanol–water partition coefficient (Wildman–Crippen LogP) is 5.11. The van der Waals surface area contributed by atoms with Crippen LogP contribution < -0.4 is 0 Å². The molecule has 4 nitrogen and oxygen atoms in total. The molecule has 0 spiro atoms. The maximum atomic E-state index is 13.2. The number of allylic oxidation sites excluding steroid dienone is 1. The van der Waals surface area contributed by atoms with Crippen LogP contribution in [0.2, 0.25) is 0 Å². The van der Waals surface area contributed by atoms with Crippen LogP contribution in [-0.4, -0.2) is 23.6 Å². The molecule has 1 aromatic rings. The number of Topliss-reactive ketones (excluding diaryl/α,β-unsaturated/α-hetero) is 1. The average Bonchev–Trinajstić information content (AvgIpc) is 3.07. The number of ketones is 1. The first-order valence-corrected chi connectivity index (χ1v) is 10.9. The summed E-state index contributed by atoms with van der Waals surface area (Å²) in [7, 11) is 0. The van der Waals surface area contributed by atoms with Gasteiger partial charge >= 0.3 is 5.97 Å². The Labute approximate surface area is 164 Å². The Morgan fingerprint density at radius 2 is 1.85 bits per heavy atom. The number of thiophene rings is 1. The zero-order valence-corrected chi connectivity index (χ0v) is 16.9. The van der Waals surface area contributed by atoms with Crippen LogP contribution in [0.15, 0.2) is 28.4 Å². The molecule has 144 valence electrons. The van der Waals surface area contributed by atoms with Gasteiger partial charge in [0.1, 0.15) is 11.9 Å². The van der Waals surface area contributed by atoms with Crippen molar-refractivity contribution in [2.75, 3.05) is 0 Å². The van der Waals surface area contributed by atoms with E-state index in [1.165, 1.54) is 11.3 Å². The second kappa shape index (κ2) is 7.70. The number of nitrogens with zero attached hydrogens (tertiary/aromatic N) is 1. The summed E-state index contributed by atoms with van der Waals surface area (Å²) in [5.74, 6) is -0.586. The van der Waals surface area contributed by atoms with E-state index >= 15 is 0 Å². The molecule has 0 aromatic carbocycles. The monoisotopic (exact) mass is 385 g/mol. The first-order valence-electron chi connectivity index (χ1n) is 10.1. The van der Waals surface area contributed by atoms with Gasteiger partial charge in [-0.3, -0.25) is 9.79 Å². The van der Waals surface area contributed by atoms with Crippen LogP contribution >= 0.6 is 11.3 Å². The molecule has 27 heavy (non-hydrogen) atoms. The summed E-state index contributed by atoms with van der Waals surface area (Å²) in [5, 5.41) is 0. The Bertz CT molecular complexity index is 813. The SMILES string of the molecule is CC1=C(C(=O)OC2CCCCC2)[C@@H](c2ccc(C)s2)C2C(=O)CCCC2=N1. The molecular weight excluding hydrogens is 358 g/mol. The number of aliphatic imine (C=N–C) groups is 1. The zero-order chi connectivity index (χ0) is 19.0. The molecule has 2 fully saturated rings. The standard InChI is InChI=1S/C22H27NO3S/c1-13-11-12-18(27-13)21-19(22(25)26-15-7-4-3-5-8-15)14(2)23-16-9-6-10-17(24)20(16)21/h11-12,15,20-21H,3-10H2,1-2H3/t20?,21-/m1/s1. The van der Waals surface area contributed by atoms with Crippen molar-refractivity contribution in [1.82, 2.24) is 0 Å². The number of esters is 1. The molecule has 3 aliphatic rings. The Kier molecular flexibility index (Phi) is 5.31. The lowest BCUT2D eigenvalue weighted by molar-refractivity contribution is -0.146. The molecule has 0 amide bonds. The Balaban J connectivity index is 1.71. The van der Waals surface area contributed by atoms with Gasteiger partial charge in [0.15, 0.2) is 0 Å². The second-order valence-electron chi connectivity index (χ2n) is 7.99. The number of hydrogen-bond acceptors (Lipinski definition) is 5. The molecule has 0 radical (unpaired) electrons. The van der Waals surface area contributed by atoms with E-state index in [2.05, 4.69) is 19.1 Å². The molecule has 0 bridgehead atoms. The van der Waals surface area contributed by atoms with Gasteiger partial charge in [-0.15, -0.1) is 11.3 Å². The van der Waals surface area contributed by atoms with Crippen LogP contribution in [0.1, 0.15) is 74.0 Å². The van der Waals surface area contributed by atoms with Crippen LogP contribution in [-0.2, 0) is 14.3 Å². The lowest BCUT2D eigenvalue weighted by atomic mass is 9.71. The van der Waals surface area contributed by atoms with Gasteiger partial charge in [0.25, 0.3) is 0 Å². The third kappa shape index (κ3) is 3.66. The summed E-state index contributed by atoms with van der Waals surface area (Å²) in [6.07, 6.45) is 7.63. The van der Waals surface area contributed by atoms with Gasteiger partial charge in [0.2, 0.25) is 0 Å². The predicted molar refractivity (Wildman–Crippen MR) is 107 cm³/mol. The Hall–Kier alpha value is -1.75. The smallest absolute Gasteiger partial charge is 0.336 e. The maximum absolute atomic E-state index is 13.2. The molecule has 0 N–H and O–H groups in total. The molecule has 1 unspecified atom stereocenters. The lowest BCUT2D eigenvalue weighted by Gasteiger charge is -2.35. The fraction of sp³-hybridized carbons (Fsp3) is 0.591. The van der Waals surface area contributed by atoms with Crippen molar-refractivity contribution < 1.29 is 14.3 Å². The highest BCUT2D eigenvalue weighted by Gasteiger charge is 2.44. The Morgan fingerprint density at radius 1 is 1.07 bits per heavy atom. The highest BCUT2D eigenvalue weighted by molar-refractivity contribution is 7.12. The summed E-state index contributed by atoms with van der Waals surface area (Å²) < 4.78 is 5.90. The van der Waals surface area contributed by atoms with Crippen LogP contribution in [0.4, 0.5) is 0 Å². The first kappa shape index (κ1) is 18.6. The van der Waals surface area contributed by atoms with Gasteiger partial charge in [-0.25, -0.2) is 4.79 Å². The minimum absolute atomic E-state index is 0.00436. The maximum Gasteiger partial charge on any atom is 0.336 e. The van der Waals surface area contributed by atoms with Gasteiger partial charge in [0.05, 0.1) is 11.5 Å². The van der Waals surface area contributed by atoms with Gasteiger partial charge in [0, 0.05) is 33.5 Å². The van der Waals surface area contributed by atoms with Gasteiger partial charge in [-0.1, -0.05) is 6.42 Å². The van der Waals surface area contributed by atoms with Gasteiger partial charge in [-0.2, -0.15) is 0 Å². The normalized spacial score (nSPS) is 26.6. The van der Waals surface area contributed by atoms with E-state index in [4.69, 9.17) is 9.73 Å². The van der Waals surface area contributed by atoms with Crippen molar-refractivity contribution in [1.29, 1.82) is 0 Å². The fourth-order valence-electron chi connectivity index (χ4n) is 4.71. The fourth-order valence-corrected chi connectivity index (χ4v) is 5.74. The lowest BCUT2D eigenvalue weighted by Crippen LogP contribution is -2.39. The summed E-state index contributed by atoms with van der Waals surface area (Å²) >= 11 is 1.67. The molecule has 0 saturated heterocycles. The van der Waals surface area contributed by atoms with E-state index in [9.17, 15) is 9.59 Å². The molecule has 2 heterocycles. The number of aryl methyl sites for hydroxylation is 1. The highest BCUT2D eigenvalue weighted by atomic mass is 32.1. The van der Waals surface area contributed by atoms with E-state index in [1.54, 1.807) is 11.3 Å². The quantitative estimate of drug-likeness (QED) is 0.679. The first-order chi connectivity index (χ1) is 13.0. The molecule has 4 rings (SSSR count). The molecule has 2 saturated carbocycles. The van der Waals surface area contributed by atoms with Crippen LogP contribution in [0, 0.1) is 12.8 Å². The number of ether oxygens (including phenoxy) is 1. The van der Waals surface area contributed by atoms with E-state index in [1.807, 2.05) is 6.92 Å². The summed E-state index contributed by atoms with van der Waals surface area (Å²) in [5.41, 5.74) is 2.29. The number of fused-ring (bicyclic) bond motifs is 1. The topological polar surface area (TPSA) is 55.7 Å². The minimum Gasteiger partial charge on any atom is -0.459 e. The minimum atomic E-state index is -0.297. The third-order valence-corrected chi connectivity index (χ3v) is 7.10. The average molecular weight is 386 g/mol. The summed E-state index contributed by atoms with van der Waals surface area (Å²) in [6.45, 7) is 3.96. The van der Waals surface area contributed by atoms with Crippen molar-refractivity contribution >= 4 is 28.8 Å². The number of carbonyl (C=O) groups is 2. The highest BCUT2D eigenvalue weighted by Crippen LogP contribution is 2.45. The number of hydrogen-bond donors (Lipinski definition) is 0. The number of carbonyl (C=O) groups excluding carboxylic acids is 2. The molecule has 5 heteroatoms. The second-order valence-corrected chi connectivity index (χ2v) is 9.31. The molecule has 1 aliphatic heterocycles. The molecule has 2 aliphatic carbocycles. The van der Waals surface area contributed by atoms with Crippen molar-refractivity contribution in [3.05, 3.63) is 33.2 Å². The molecule has 2 atom stereocenters. The van der Waals surface area contributed by atoms with Gasteiger partial charge in [-0.05, 0) is 64.5 Å². The van der Waals surface area contributed by atoms with Gasteiger partial charge < -0.3 is 4.74 Å².